The van der Waals surface area contributed by atoms with Crippen molar-refractivity contribution in [1.82, 2.24) is 10.1 Å². The van der Waals surface area contributed by atoms with E-state index in [0.717, 1.165) is 5.56 Å². The number of rotatable bonds is 4. The molecule has 0 spiro atoms. The van der Waals surface area contributed by atoms with Gasteiger partial charge in [0.25, 0.3) is 15.9 Å². The monoisotopic (exact) mass is 363 g/mol. The first-order chi connectivity index (χ1) is 11.3. The fourth-order valence-corrected chi connectivity index (χ4v) is 3.38. The Kier molecular flexibility index (Phi) is 4.29. The predicted octanol–water partition coefficient (Wildman–Crippen LogP) is 3.81. The van der Waals surface area contributed by atoms with Gasteiger partial charge in [-0.25, -0.2) is 8.42 Å². The van der Waals surface area contributed by atoms with Gasteiger partial charge in [0.15, 0.2) is 5.82 Å². The number of hydrogen-bond donors (Lipinski definition) is 1. The van der Waals surface area contributed by atoms with Crippen LogP contribution in [0.1, 0.15) is 11.4 Å². The molecule has 1 N–H and O–H groups in total. The van der Waals surface area contributed by atoms with E-state index in [0.29, 0.717) is 28.0 Å². The molecule has 3 aromatic rings. The largest absolute Gasteiger partial charge is 0.334 e. The van der Waals surface area contributed by atoms with Gasteiger partial charge >= 0.3 is 0 Å². The van der Waals surface area contributed by atoms with Crippen LogP contribution in [0.4, 0.5) is 5.69 Å². The van der Waals surface area contributed by atoms with Gasteiger partial charge in [-0.15, -0.1) is 0 Å². The van der Waals surface area contributed by atoms with Gasteiger partial charge in [0.2, 0.25) is 0 Å². The highest BCUT2D eigenvalue weighted by atomic mass is 35.5. The number of hydrogen-bond acceptors (Lipinski definition) is 5. The molecule has 0 aliphatic heterocycles. The summed E-state index contributed by atoms with van der Waals surface area (Å²) >= 11 is 6.00. The minimum atomic E-state index is -3.71. The second-order valence-electron chi connectivity index (χ2n) is 5.24. The second-order valence-corrected chi connectivity index (χ2v) is 7.33. The number of halogens is 1. The summed E-state index contributed by atoms with van der Waals surface area (Å²) in [6.45, 7) is 3.53. The van der Waals surface area contributed by atoms with Gasteiger partial charge in [0.1, 0.15) is 0 Å². The Bertz CT molecular complexity index is 982. The van der Waals surface area contributed by atoms with E-state index >= 15 is 0 Å². The molecular weight excluding hydrogens is 350 g/mol. The first-order valence-electron chi connectivity index (χ1n) is 7.05. The molecule has 0 radical (unpaired) electrons. The lowest BCUT2D eigenvalue weighted by Gasteiger charge is -2.09. The molecule has 0 bridgehead atoms. The molecule has 8 heteroatoms. The number of sulfonamides is 1. The average Bonchev–Trinajstić information content (AvgIpc) is 2.97. The summed E-state index contributed by atoms with van der Waals surface area (Å²) in [5.74, 6) is 0.915. The highest BCUT2D eigenvalue weighted by Gasteiger charge is 2.15. The van der Waals surface area contributed by atoms with Crippen LogP contribution in [-0.2, 0) is 10.0 Å². The molecule has 2 aromatic carbocycles. The van der Waals surface area contributed by atoms with Crippen LogP contribution < -0.4 is 4.72 Å². The molecule has 124 valence electrons. The number of anilines is 1. The van der Waals surface area contributed by atoms with Crippen molar-refractivity contribution in [3.8, 4) is 11.5 Å². The molecule has 1 heterocycles. The number of nitrogens with zero attached hydrogens (tertiary/aromatic N) is 2. The highest BCUT2D eigenvalue weighted by Crippen LogP contribution is 2.24. The third kappa shape index (κ3) is 3.42. The van der Waals surface area contributed by atoms with E-state index in [9.17, 15) is 8.42 Å². The van der Waals surface area contributed by atoms with Crippen LogP contribution in [0.25, 0.3) is 11.5 Å². The van der Waals surface area contributed by atoms with E-state index in [1.54, 1.807) is 37.3 Å². The standard InChI is InChI=1S/C16H14ClN3O3S/c1-10-3-8-14(9-15(10)17)24(21,22)20-13-6-4-12(5-7-13)16-18-11(2)19-23-16/h3-9,20H,1-2H3. The molecule has 3 rings (SSSR count). The molecule has 0 aliphatic rings. The lowest BCUT2D eigenvalue weighted by Crippen LogP contribution is -2.12. The average molecular weight is 364 g/mol. The van der Waals surface area contributed by atoms with E-state index < -0.39 is 10.0 Å². The molecular formula is C16H14ClN3O3S. The fourth-order valence-electron chi connectivity index (χ4n) is 2.05. The van der Waals surface area contributed by atoms with Crippen LogP contribution >= 0.6 is 11.6 Å². The maximum Gasteiger partial charge on any atom is 0.261 e. The smallest absolute Gasteiger partial charge is 0.261 e. The second kappa shape index (κ2) is 6.26. The van der Waals surface area contributed by atoms with Gasteiger partial charge in [-0.1, -0.05) is 22.8 Å². The molecule has 0 saturated heterocycles. The summed E-state index contributed by atoms with van der Waals surface area (Å²) < 4.78 is 32.4. The Morgan fingerprint density at radius 2 is 1.79 bits per heavy atom. The summed E-state index contributed by atoms with van der Waals surface area (Å²) in [6, 6.07) is 11.3. The van der Waals surface area contributed by atoms with Crippen molar-refractivity contribution in [2.24, 2.45) is 0 Å². The van der Waals surface area contributed by atoms with Crippen LogP contribution in [-0.4, -0.2) is 18.6 Å². The molecule has 0 aliphatic carbocycles. The Morgan fingerprint density at radius 1 is 1.08 bits per heavy atom. The Morgan fingerprint density at radius 3 is 2.38 bits per heavy atom. The number of aromatic nitrogens is 2. The third-order valence-electron chi connectivity index (χ3n) is 3.37. The summed E-state index contributed by atoms with van der Waals surface area (Å²) in [4.78, 5) is 4.23. The Balaban J connectivity index is 1.83. The van der Waals surface area contributed by atoms with Crippen molar-refractivity contribution < 1.29 is 12.9 Å². The van der Waals surface area contributed by atoms with Crippen LogP contribution in [0.2, 0.25) is 5.02 Å². The Hall–Kier alpha value is -2.38. The lowest BCUT2D eigenvalue weighted by molar-refractivity contribution is 0.425. The van der Waals surface area contributed by atoms with Gasteiger partial charge in [0.05, 0.1) is 4.90 Å². The summed E-state index contributed by atoms with van der Waals surface area (Å²) in [5, 5.41) is 4.12. The predicted molar refractivity (Wildman–Crippen MR) is 91.5 cm³/mol. The minimum Gasteiger partial charge on any atom is -0.334 e. The van der Waals surface area contributed by atoms with Crippen molar-refractivity contribution in [1.29, 1.82) is 0 Å². The zero-order valence-corrected chi connectivity index (χ0v) is 14.5. The first kappa shape index (κ1) is 16.5. The van der Waals surface area contributed by atoms with E-state index in [1.807, 2.05) is 6.92 Å². The normalized spacial score (nSPS) is 11.5. The van der Waals surface area contributed by atoms with Gasteiger partial charge in [-0.2, -0.15) is 4.98 Å². The van der Waals surface area contributed by atoms with E-state index in [2.05, 4.69) is 14.9 Å². The van der Waals surface area contributed by atoms with Crippen molar-refractivity contribution in [2.45, 2.75) is 18.7 Å². The van der Waals surface area contributed by atoms with Crippen LogP contribution in [0.15, 0.2) is 51.9 Å². The van der Waals surface area contributed by atoms with E-state index in [-0.39, 0.29) is 4.90 Å². The molecule has 1 aromatic heterocycles. The van der Waals surface area contributed by atoms with E-state index in [4.69, 9.17) is 16.1 Å². The zero-order valence-electron chi connectivity index (χ0n) is 12.9. The third-order valence-corrected chi connectivity index (χ3v) is 5.15. The summed E-state index contributed by atoms with van der Waals surface area (Å²) in [5.41, 5.74) is 1.94. The van der Waals surface area contributed by atoms with Crippen molar-refractivity contribution in [3.05, 3.63) is 58.9 Å². The molecule has 0 fully saturated rings. The molecule has 0 amide bonds. The van der Waals surface area contributed by atoms with Crippen LogP contribution in [0, 0.1) is 13.8 Å². The molecule has 24 heavy (non-hydrogen) atoms. The first-order valence-corrected chi connectivity index (χ1v) is 8.91. The Labute approximate surface area is 144 Å². The van der Waals surface area contributed by atoms with E-state index in [1.165, 1.54) is 12.1 Å². The minimum absolute atomic E-state index is 0.106. The fraction of sp³-hybridized carbons (Fsp3) is 0.125. The maximum atomic E-state index is 12.4. The van der Waals surface area contributed by atoms with Crippen molar-refractivity contribution >= 4 is 27.3 Å². The molecule has 0 unspecified atom stereocenters. The summed E-state index contributed by atoms with van der Waals surface area (Å²) in [7, 11) is -3.71. The van der Waals surface area contributed by atoms with Crippen LogP contribution in [0.5, 0.6) is 0 Å². The number of nitrogens with one attached hydrogen (secondary N) is 1. The lowest BCUT2D eigenvalue weighted by atomic mass is 10.2. The van der Waals surface area contributed by atoms with Gasteiger partial charge in [-0.3, -0.25) is 4.72 Å². The van der Waals surface area contributed by atoms with Crippen LogP contribution in [0.3, 0.4) is 0 Å². The SMILES string of the molecule is Cc1noc(-c2ccc(NS(=O)(=O)c3ccc(C)c(Cl)c3)cc2)n1. The van der Waals surface area contributed by atoms with Crippen molar-refractivity contribution in [3.63, 3.8) is 0 Å². The molecule has 0 saturated carbocycles. The maximum absolute atomic E-state index is 12.4. The molecule has 6 nitrogen and oxygen atoms in total. The van der Waals surface area contributed by atoms with Gasteiger partial charge in [0, 0.05) is 16.3 Å². The number of aryl methyl sites for hydroxylation is 2. The summed E-state index contributed by atoms with van der Waals surface area (Å²) in [6.07, 6.45) is 0. The van der Waals surface area contributed by atoms with Gasteiger partial charge < -0.3 is 4.52 Å². The highest BCUT2D eigenvalue weighted by molar-refractivity contribution is 7.92. The van der Waals surface area contributed by atoms with Crippen molar-refractivity contribution in [2.75, 3.05) is 4.72 Å². The van der Waals surface area contributed by atoms with Gasteiger partial charge in [-0.05, 0) is 55.8 Å². The topological polar surface area (TPSA) is 85.1 Å². The molecule has 0 atom stereocenters. The zero-order chi connectivity index (χ0) is 17.3. The number of benzene rings is 2. The quantitative estimate of drug-likeness (QED) is 0.761.